The fourth-order valence-electron chi connectivity index (χ4n) is 1.95. The Balaban J connectivity index is 3.07. The predicted molar refractivity (Wildman–Crippen MR) is 67.5 cm³/mol. The zero-order chi connectivity index (χ0) is 11.5. The van der Waals surface area contributed by atoms with Gasteiger partial charge in [-0.15, -0.1) is 11.3 Å². The van der Waals surface area contributed by atoms with Gasteiger partial charge in [0.05, 0.1) is 11.2 Å². The number of aryl methyl sites for hydroxylation is 2. The summed E-state index contributed by atoms with van der Waals surface area (Å²) in [6.07, 6.45) is 3.45. The van der Waals surface area contributed by atoms with Crippen LogP contribution in [0.4, 0.5) is 0 Å². The lowest BCUT2D eigenvalue weighted by atomic mass is 9.91. The van der Waals surface area contributed by atoms with Crippen LogP contribution in [0.2, 0.25) is 0 Å². The molecule has 0 aliphatic carbocycles. The summed E-state index contributed by atoms with van der Waals surface area (Å²) in [6, 6.07) is 0. The van der Waals surface area contributed by atoms with Gasteiger partial charge >= 0.3 is 0 Å². The number of nitrogens with one attached hydrogen (secondary N) is 1. The number of thiazole rings is 1. The second kappa shape index (κ2) is 5.08. The molecule has 15 heavy (non-hydrogen) atoms. The molecule has 0 amide bonds. The molecule has 0 aromatic carbocycles. The fraction of sp³-hybridized carbons (Fsp3) is 0.750. The summed E-state index contributed by atoms with van der Waals surface area (Å²) in [5, 5.41) is 4.72. The van der Waals surface area contributed by atoms with E-state index in [0.29, 0.717) is 0 Å². The van der Waals surface area contributed by atoms with Crippen molar-refractivity contribution in [2.45, 2.75) is 52.5 Å². The normalized spacial score (nSPS) is 15.3. The second-order valence-corrected chi connectivity index (χ2v) is 5.30. The first-order chi connectivity index (χ1) is 7.09. The van der Waals surface area contributed by atoms with E-state index in [1.54, 1.807) is 0 Å². The van der Waals surface area contributed by atoms with Crippen molar-refractivity contribution in [1.82, 2.24) is 10.3 Å². The van der Waals surface area contributed by atoms with Gasteiger partial charge in [0.25, 0.3) is 0 Å². The van der Waals surface area contributed by atoms with Gasteiger partial charge in [0.15, 0.2) is 0 Å². The molecule has 0 fully saturated rings. The molecular weight excluding hydrogens is 204 g/mol. The smallest absolute Gasteiger partial charge is 0.113 e. The Morgan fingerprint density at radius 2 is 2.00 bits per heavy atom. The van der Waals surface area contributed by atoms with Crippen molar-refractivity contribution in [3.05, 3.63) is 15.6 Å². The first-order valence-corrected chi connectivity index (χ1v) is 6.54. The van der Waals surface area contributed by atoms with Gasteiger partial charge in [-0.25, -0.2) is 4.98 Å². The summed E-state index contributed by atoms with van der Waals surface area (Å²) in [4.78, 5) is 6.04. The van der Waals surface area contributed by atoms with Gasteiger partial charge in [0, 0.05) is 4.88 Å². The highest BCUT2D eigenvalue weighted by Gasteiger charge is 2.30. The number of hydrogen-bond acceptors (Lipinski definition) is 3. The van der Waals surface area contributed by atoms with Crippen molar-refractivity contribution in [2.75, 3.05) is 7.05 Å². The Bertz CT molecular complexity index is 294. The van der Waals surface area contributed by atoms with Gasteiger partial charge in [0.2, 0.25) is 0 Å². The monoisotopic (exact) mass is 226 g/mol. The Morgan fingerprint density at radius 3 is 2.33 bits per heavy atom. The molecule has 1 atom stereocenters. The number of aromatic nitrogens is 1. The van der Waals surface area contributed by atoms with Gasteiger partial charge in [0.1, 0.15) is 5.01 Å². The van der Waals surface area contributed by atoms with E-state index in [1.165, 1.54) is 22.0 Å². The molecule has 3 heteroatoms. The van der Waals surface area contributed by atoms with E-state index in [0.717, 1.165) is 12.8 Å². The van der Waals surface area contributed by atoms with Crippen molar-refractivity contribution < 1.29 is 0 Å². The predicted octanol–water partition coefficient (Wildman–Crippen LogP) is 3.38. The molecule has 0 aliphatic rings. The maximum Gasteiger partial charge on any atom is 0.113 e. The molecule has 1 N–H and O–H groups in total. The summed E-state index contributed by atoms with van der Waals surface area (Å²) in [7, 11) is 2.05. The minimum Gasteiger partial charge on any atom is -0.308 e. The lowest BCUT2D eigenvalue weighted by molar-refractivity contribution is 0.316. The molecule has 1 heterocycles. The first kappa shape index (κ1) is 12.7. The van der Waals surface area contributed by atoms with E-state index in [4.69, 9.17) is 4.98 Å². The number of rotatable bonds is 5. The maximum absolute atomic E-state index is 4.70. The highest BCUT2D eigenvalue weighted by molar-refractivity contribution is 7.11. The van der Waals surface area contributed by atoms with E-state index in [-0.39, 0.29) is 5.54 Å². The highest BCUT2D eigenvalue weighted by atomic mass is 32.1. The molecule has 1 aromatic heterocycles. The van der Waals surface area contributed by atoms with Crippen molar-refractivity contribution in [3.8, 4) is 0 Å². The van der Waals surface area contributed by atoms with E-state index < -0.39 is 0 Å². The summed E-state index contributed by atoms with van der Waals surface area (Å²) in [5.41, 5.74) is 1.28. The van der Waals surface area contributed by atoms with Gasteiger partial charge in [-0.3, -0.25) is 0 Å². The van der Waals surface area contributed by atoms with Crippen LogP contribution in [0.1, 0.15) is 48.7 Å². The zero-order valence-electron chi connectivity index (χ0n) is 10.5. The fourth-order valence-corrected chi connectivity index (χ4v) is 3.16. The molecule has 2 nitrogen and oxygen atoms in total. The summed E-state index contributed by atoms with van der Waals surface area (Å²) < 4.78 is 0. The van der Waals surface area contributed by atoms with Crippen LogP contribution in [0.15, 0.2) is 0 Å². The molecule has 1 rings (SSSR count). The van der Waals surface area contributed by atoms with Crippen molar-refractivity contribution in [2.24, 2.45) is 0 Å². The van der Waals surface area contributed by atoms with E-state index in [1.807, 2.05) is 18.4 Å². The molecular formula is C12H22N2S. The molecule has 86 valence electrons. The quantitative estimate of drug-likeness (QED) is 0.832. The Hall–Kier alpha value is -0.410. The van der Waals surface area contributed by atoms with Gasteiger partial charge < -0.3 is 5.32 Å². The average Bonchev–Trinajstić information content (AvgIpc) is 2.56. The third-order valence-corrected chi connectivity index (χ3v) is 4.47. The Labute approximate surface area is 97.1 Å². The molecule has 0 saturated heterocycles. The maximum atomic E-state index is 4.70. The van der Waals surface area contributed by atoms with Crippen LogP contribution in [-0.4, -0.2) is 12.0 Å². The van der Waals surface area contributed by atoms with Gasteiger partial charge in [-0.1, -0.05) is 20.3 Å². The average molecular weight is 226 g/mol. The minimum atomic E-state index is 0.0957. The summed E-state index contributed by atoms with van der Waals surface area (Å²) >= 11 is 1.84. The van der Waals surface area contributed by atoms with E-state index >= 15 is 0 Å². The second-order valence-electron chi connectivity index (χ2n) is 4.10. The lowest BCUT2D eigenvalue weighted by Gasteiger charge is -2.30. The molecule has 0 aliphatic heterocycles. The summed E-state index contributed by atoms with van der Waals surface area (Å²) in [6.45, 7) is 8.71. The topological polar surface area (TPSA) is 24.9 Å². The van der Waals surface area contributed by atoms with E-state index in [2.05, 4.69) is 33.0 Å². The number of hydrogen-bond donors (Lipinski definition) is 1. The Kier molecular flexibility index (Phi) is 4.29. The van der Waals surface area contributed by atoms with Gasteiger partial charge in [-0.2, -0.15) is 0 Å². The lowest BCUT2D eigenvalue weighted by Crippen LogP contribution is -2.39. The molecule has 0 saturated carbocycles. The SMILES string of the molecule is CCCC(CC)(NC)c1nc(C)c(C)s1. The van der Waals surface area contributed by atoms with Crippen molar-refractivity contribution in [3.63, 3.8) is 0 Å². The highest BCUT2D eigenvalue weighted by Crippen LogP contribution is 2.33. The third kappa shape index (κ3) is 2.40. The van der Waals surface area contributed by atoms with Crippen LogP contribution >= 0.6 is 11.3 Å². The van der Waals surface area contributed by atoms with E-state index in [9.17, 15) is 0 Å². The molecule has 1 unspecified atom stereocenters. The van der Waals surface area contributed by atoms with Crippen LogP contribution in [0.3, 0.4) is 0 Å². The van der Waals surface area contributed by atoms with Crippen LogP contribution < -0.4 is 5.32 Å². The van der Waals surface area contributed by atoms with Crippen LogP contribution in [0.25, 0.3) is 0 Å². The van der Waals surface area contributed by atoms with Gasteiger partial charge in [-0.05, 0) is 33.7 Å². The Morgan fingerprint density at radius 1 is 1.33 bits per heavy atom. The standard InChI is InChI=1S/C12H22N2S/c1-6-8-12(7-2,13-5)11-14-9(3)10(4)15-11/h13H,6-8H2,1-5H3. The van der Waals surface area contributed by atoms with Crippen LogP contribution in [0.5, 0.6) is 0 Å². The van der Waals surface area contributed by atoms with Crippen LogP contribution in [-0.2, 0) is 5.54 Å². The van der Waals surface area contributed by atoms with Crippen LogP contribution in [0, 0.1) is 13.8 Å². The molecule has 0 radical (unpaired) electrons. The first-order valence-electron chi connectivity index (χ1n) is 5.73. The zero-order valence-corrected chi connectivity index (χ0v) is 11.3. The molecule has 0 bridgehead atoms. The minimum absolute atomic E-state index is 0.0957. The largest absolute Gasteiger partial charge is 0.308 e. The van der Waals surface area contributed by atoms with Crippen molar-refractivity contribution >= 4 is 11.3 Å². The molecule has 1 aromatic rings. The summed E-state index contributed by atoms with van der Waals surface area (Å²) in [5.74, 6) is 0. The third-order valence-electron chi connectivity index (χ3n) is 3.20. The number of nitrogens with zero attached hydrogens (tertiary/aromatic N) is 1. The van der Waals surface area contributed by atoms with Crippen molar-refractivity contribution in [1.29, 1.82) is 0 Å². The molecule has 0 spiro atoms.